The molecule has 0 radical (unpaired) electrons. The molecule has 88 valence electrons. The third kappa shape index (κ3) is 3.20. The van der Waals surface area contributed by atoms with Crippen LogP contribution in [-0.2, 0) is 4.74 Å². The number of nitrogens with zero attached hydrogens (tertiary/aromatic N) is 1. The molecule has 0 spiro atoms. The third-order valence-electron chi connectivity index (χ3n) is 2.25. The van der Waals surface area contributed by atoms with Crippen LogP contribution in [0.2, 0.25) is 0 Å². The van der Waals surface area contributed by atoms with E-state index in [1.54, 1.807) is 13.2 Å². The lowest BCUT2D eigenvalue weighted by atomic mass is 10.2. The first-order valence-electron chi connectivity index (χ1n) is 5.01. The average Bonchev–Trinajstić information content (AvgIpc) is 2.25. The molecule has 0 aliphatic rings. The van der Waals surface area contributed by atoms with Gasteiger partial charge in [-0.15, -0.1) is 0 Å². The number of aryl methyl sites for hydroxylation is 1. The van der Waals surface area contributed by atoms with Crippen LogP contribution in [0, 0.1) is 6.92 Å². The van der Waals surface area contributed by atoms with Gasteiger partial charge in [0.2, 0.25) is 0 Å². The summed E-state index contributed by atoms with van der Waals surface area (Å²) in [5.74, 6) is -0.986. The SMILES string of the molecule is COC(C)CNc1cc(C)ncc1C(=O)O. The Labute approximate surface area is 94.5 Å². The molecule has 1 atom stereocenters. The zero-order valence-electron chi connectivity index (χ0n) is 9.65. The van der Waals surface area contributed by atoms with Crippen LogP contribution in [0.1, 0.15) is 23.0 Å². The molecule has 0 fully saturated rings. The number of carbonyl (C=O) groups is 1. The van der Waals surface area contributed by atoms with Crippen molar-refractivity contribution in [3.63, 3.8) is 0 Å². The van der Waals surface area contributed by atoms with Crippen molar-refractivity contribution >= 4 is 11.7 Å². The van der Waals surface area contributed by atoms with E-state index < -0.39 is 5.97 Å². The van der Waals surface area contributed by atoms with Crippen LogP contribution in [0.3, 0.4) is 0 Å². The molecule has 0 amide bonds. The van der Waals surface area contributed by atoms with Gasteiger partial charge in [-0.25, -0.2) is 4.79 Å². The van der Waals surface area contributed by atoms with Crippen molar-refractivity contribution < 1.29 is 14.6 Å². The highest BCUT2D eigenvalue weighted by atomic mass is 16.5. The smallest absolute Gasteiger partial charge is 0.339 e. The summed E-state index contributed by atoms with van der Waals surface area (Å²) in [6, 6.07) is 1.71. The third-order valence-corrected chi connectivity index (χ3v) is 2.25. The number of hydrogen-bond acceptors (Lipinski definition) is 4. The van der Waals surface area contributed by atoms with E-state index in [1.807, 2.05) is 13.8 Å². The minimum Gasteiger partial charge on any atom is -0.478 e. The number of anilines is 1. The van der Waals surface area contributed by atoms with E-state index in [0.717, 1.165) is 5.69 Å². The first-order valence-corrected chi connectivity index (χ1v) is 5.01. The van der Waals surface area contributed by atoms with E-state index in [4.69, 9.17) is 9.84 Å². The number of nitrogens with one attached hydrogen (secondary N) is 1. The fraction of sp³-hybridized carbons (Fsp3) is 0.455. The second kappa shape index (κ2) is 5.46. The van der Waals surface area contributed by atoms with Crippen LogP contribution < -0.4 is 5.32 Å². The van der Waals surface area contributed by atoms with Gasteiger partial charge >= 0.3 is 5.97 Å². The largest absolute Gasteiger partial charge is 0.478 e. The number of carboxylic acids is 1. The van der Waals surface area contributed by atoms with Crippen molar-refractivity contribution in [2.75, 3.05) is 19.0 Å². The Morgan fingerprint density at radius 2 is 2.38 bits per heavy atom. The summed E-state index contributed by atoms with van der Waals surface area (Å²) in [4.78, 5) is 14.9. The predicted octanol–water partition coefficient (Wildman–Crippen LogP) is 1.54. The highest BCUT2D eigenvalue weighted by molar-refractivity contribution is 5.93. The van der Waals surface area contributed by atoms with Crippen molar-refractivity contribution in [1.29, 1.82) is 0 Å². The van der Waals surface area contributed by atoms with E-state index in [-0.39, 0.29) is 11.7 Å². The van der Waals surface area contributed by atoms with E-state index in [9.17, 15) is 4.79 Å². The molecule has 0 saturated heterocycles. The summed E-state index contributed by atoms with van der Waals surface area (Å²) in [5, 5.41) is 12.0. The minimum absolute atomic E-state index is 0.0233. The number of hydrogen-bond donors (Lipinski definition) is 2. The summed E-state index contributed by atoms with van der Waals surface area (Å²) in [6.07, 6.45) is 1.38. The quantitative estimate of drug-likeness (QED) is 0.793. The Balaban J connectivity index is 2.84. The summed E-state index contributed by atoms with van der Waals surface area (Å²) in [7, 11) is 1.61. The first kappa shape index (κ1) is 12.4. The lowest BCUT2D eigenvalue weighted by Gasteiger charge is -2.13. The van der Waals surface area contributed by atoms with Gasteiger partial charge in [-0.2, -0.15) is 0 Å². The molecule has 1 aromatic heterocycles. The number of carboxylic acid groups (broad SMARTS) is 1. The first-order chi connectivity index (χ1) is 7.54. The van der Waals surface area contributed by atoms with Crippen molar-refractivity contribution in [3.8, 4) is 0 Å². The number of pyridine rings is 1. The van der Waals surface area contributed by atoms with Gasteiger partial charge in [0.15, 0.2) is 0 Å². The van der Waals surface area contributed by atoms with Gasteiger partial charge in [0.1, 0.15) is 5.56 Å². The Bertz CT molecular complexity index is 379. The Hall–Kier alpha value is -1.62. The molecule has 16 heavy (non-hydrogen) atoms. The maximum absolute atomic E-state index is 10.9. The van der Waals surface area contributed by atoms with Crippen LogP contribution in [0.5, 0.6) is 0 Å². The second-order valence-corrected chi connectivity index (χ2v) is 3.60. The molecule has 1 heterocycles. The van der Waals surface area contributed by atoms with Crippen LogP contribution in [0.4, 0.5) is 5.69 Å². The summed E-state index contributed by atoms with van der Waals surface area (Å²) in [6.45, 7) is 4.28. The normalized spacial score (nSPS) is 12.2. The molecule has 1 aromatic rings. The average molecular weight is 224 g/mol. The molecular weight excluding hydrogens is 208 g/mol. The molecule has 5 nitrogen and oxygen atoms in total. The fourth-order valence-electron chi connectivity index (χ4n) is 1.21. The maximum Gasteiger partial charge on any atom is 0.339 e. The van der Waals surface area contributed by atoms with E-state index in [2.05, 4.69) is 10.3 Å². The van der Waals surface area contributed by atoms with Crippen LogP contribution in [0.15, 0.2) is 12.3 Å². The highest BCUT2D eigenvalue weighted by Gasteiger charge is 2.11. The number of aromatic nitrogens is 1. The topological polar surface area (TPSA) is 71.5 Å². The molecule has 0 bridgehead atoms. The van der Waals surface area contributed by atoms with Gasteiger partial charge in [0, 0.05) is 25.5 Å². The maximum atomic E-state index is 10.9. The Morgan fingerprint density at radius 1 is 1.69 bits per heavy atom. The predicted molar refractivity (Wildman–Crippen MR) is 60.9 cm³/mol. The standard InChI is InChI=1S/C11H16N2O3/c1-7-4-10(13-5-8(2)16-3)9(6-12-7)11(14)15/h4,6,8H,5H2,1-3H3,(H,12,13)(H,14,15). The van der Waals surface area contributed by atoms with Crippen molar-refractivity contribution in [1.82, 2.24) is 4.98 Å². The van der Waals surface area contributed by atoms with Crippen LogP contribution >= 0.6 is 0 Å². The molecular formula is C11H16N2O3. The lowest BCUT2D eigenvalue weighted by Crippen LogP contribution is -2.19. The van der Waals surface area contributed by atoms with E-state index in [1.165, 1.54) is 6.20 Å². The monoisotopic (exact) mass is 224 g/mol. The number of aromatic carboxylic acids is 1. The molecule has 0 aromatic carbocycles. The molecule has 0 saturated carbocycles. The summed E-state index contributed by atoms with van der Waals surface area (Å²) >= 11 is 0. The fourth-order valence-corrected chi connectivity index (χ4v) is 1.21. The van der Waals surface area contributed by atoms with E-state index >= 15 is 0 Å². The summed E-state index contributed by atoms with van der Waals surface area (Å²) in [5.41, 5.74) is 1.52. The van der Waals surface area contributed by atoms with Crippen LogP contribution in [-0.4, -0.2) is 35.8 Å². The molecule has 1 unspecified atom stereocenters. The van der Waals surface area contributed by atoms with Gasteiger partial charge in [-0.1, -0.05) is 0 Å². The molecule has 0 aliphatic carbocycles. The summed E-state index contributed by atoms with van der Waals surface area (Å²) < 4.78 is 5.08. The minimum atomic E-state index is -0.986. The van der Waals surface area contributed by atoms with Gasteiger partial charge in [0.05, 0.1) is 11.8 Å². The zero-order valence-corrected chi connectivity index (χ0v) is 9.65. The van der Waals surface area contributed by atoms with Crippen molar-refractivity contribution in [3.05, 3.63) is 23.5 Å². The number of ether oxygens (including phenoxy) is 1. The van der Waals surface area contributed by atoms with E-state index in [0.29, 0.717) is 12.2 Å². The second-order valence-electron chi connectivity index (χ2n) is 3.60. The number of rotatable bonds is 5. The van der Waals surface area contributed by atoms with Crippen molar-refractivity contribution in [2.24, 2.45) is 0 Å². The van der Waals surface area contributed by atoms with Gasteiger partial charge < -0.3 is 15.2 Å². The molecule has 1 rings (SSSR count). The lowest BCUT2D eigenvalue weighted by molar-refractivity contribution is 0.0697. The molecule has 0 aliphatic heterocycles. The Kier molecular flexibility index (Phi) is 4.25. The molecule has 5 heteroatoms. The highest BCUT2D eigenvalue weighted by Crippen LogP contribution is 2.15. The van der Waals surface area contributed by atoms with Gasteiger partial charge in [-0.3, -0.25) is 4.98 Å². The van der Waals surface area contributed by atoms with Crippen molar-refractivity contribution in [2.45, 2.75) is 20.0 Å². The number of methoxy groups -OCH3 is 1. The molecule has 2 N–H and O–H groups in total. The van der Waals surface area contributed by atoms with Gasteiger partial charge in [0.25, 0.3) is 0 Å². The zero-order chi connectivity index (χ0) is 12.1. The van der Waals surface area contributed by atoms with Crippen LogP contribution in [0.25, 0.3) is 0 Å². The Morgan fingerprint density at radius 3 is 2.94 bits per heavy atom. The van der Waals surface area contributed by atoms with Gasteiger partial charge in [-0.05, 0) is 19.9 Å².